The van der Waals surface area contributed by atoms with E-state index in [4.69, 9.17) is 0 Å². The Balaban J connectivity index is 1.69. The number of hydrogen-bond donors (Lipinski definition) is 1. The molecule has 1 N–H and O–H groups in total. The summed E-state index contributed by atoms with van der Waals surface area (Å²) < 4.78 is 2.17. The number of hydrogen-bond acceptors (Lipinski definition) is 4. The summed E-state index contributed by atoms with van der Waals surface area (Å²) in [5.74, 6) is 1.12. The third-order valence-corrected chi connectivity index (χ3v) is 4.08. The molecule has 1 saturated carbocycles. The first-order valence-electron chi connectivity index (χ1n) is 6.72. The highest BCUT2D eigenvalue weighted by atomic mass is 15.3. The number of nitrogens with one attached hydrogen (secondary N) is 1. The van der Waals surface area contributed by atoms with Crippen molar-refractivity contribution >= 4 is 0 Å². The first-order valence-corrected chi connectivity index (χ1v) is 6.72. The standard InChI is InChI=1S/C12H21N5/c1-2-13-10-4-3-5-11(10)16-6-7-17-9-14-15-12(17)8-16/h9-11,13H,2-8H2,1H3. The van der Waals surface area contributed by atoms with E-state index in [2.05, 4.69) is 31.9 Å². The lowest BCUT2D eigenvalue weighted by atomic mass is 10.1. The number of fused-ring (bicyclic) bond motifs is 1. The van der Waals surface area contributed by atoms with Crippen LogP contribution in [0.3, 0.4) is 0 Å². The average Bonchev–Trinajstić information content (AvgIpc) is 2.96. The first-order chi connectivity index (χ1) is 8.38. The van der Waals surface area contributed by atoms with Crippen molar-refractivity contribution in [2.75, 3.05) is 13.1 Å². The molecule has 1 aromatic heterocycles. The maximum atomic E-state index is 4.20. The molecule has 2 aliphatic rings. The molecule has 94 valence electrons. The second kappa shape index (κ2) is 4.74. The van der Waals surface area contributed by atoms with Gasteiger partial charge in [-0.15, -0.1) is 10.2 Å². The predicted molar refractivity (Wildman–Crippen MR) is 65.5 cm³/mol. The lowest BCUT2D eigenvalue weighted by molar-refractivity contribution is 0.134. The Hall–Kier alpha value is -0.940. The fraction of sp³-hybridized carbons (Fsp3) is 0.833. The molecule has 0 radical (unpaired) electrons. The molecule has 0 aromatic carbocycles. The van der Waals surface area contributed by atoms with Gasteiger partial charge in [-0.25, -0.2) is 0 Å². The first kappa shape index (κ1) is 11.2. The fourth-order valence-corrected chi connectivity index (χ4v) is 3.25. The van der Waals surface area contributed by atoms with E-state index in [1.165, 1.54) is 19.3 Å². The van der Waals surface area contributed by atoms with Gasteiger partial charge in [0.25, 0.3) is 0 Å². The van der Waals surface area contributed by atoms with Crippen LogP contribution < -0.4 is 5.32 Å². The molecular weight excluding hydrogens is 214 g/mol. The van der Waals surface area contributed by atoms with Crippen molar-refractivity contribution in [2.24, 2.45) is 0 Å². The van der Waals surface area contributed by atoms with Gasteiger partial charge in [-0.2, -0.15) is 0 Å². The van der Waals surface area contributed by atoms with Crippen LogP contribution in [-0.2, 0) is 13.1 Å². The Morgan fingerprint density at radius 1 is 1.41 bits per heavy atom. The maximum Gasteiger partial charge on any atom is 0.147 e. The molecule has 3 rings (SSSR count). The lowest BCUT2D eigenvalue weighted by Gasteiger charge is -2.35. The Labute approximate surface area is 102 Å². The van der Waals surface area contributed by atoms with Crippen molar-refractivity contribution in [1.29, 1.82) is 0 Å². The third kappa shape index (κ3) is 2.09. The topological polar surface area (TPSA) is 46.0 Å². The summed E-state index contributed by atoms with van der Waals surface area (Å²) >= 11 is 0. The van der Waals surface area contributed by atoms with Gasteiger partial charge in [0.1, 0.15) is 12.2 Å². The molecule has 0 saturated heterocycles. The van der Waals surface area contributed by atoms with Crippen molar-refractivity contribution in [2.45, 2.75) is 51.4 Å². The Morgan fingerprint density at radius 2 is 2.35 bits per heavy atom. The van der Waals surface area contributed by atoms with Gasteiger partial charge in [-0.3, -0.25) is 4.90 Å². The zero-order valence-electron chi connectivity index (χ0n) is 10.5. The van der Waals surface area contributed by atoms with Crippen LogP contribution >= 0.6 is 0 Å². The summed E-state index contributed by atoms with van der Waals surface area (Å²) in [6, 6.07) is 1.37. The summed E-state index contributed by atoms with van der Waals surface area (Å²) in [7, 11) is 0. The van der Waals surface area contributed by atoms with E-state index in [1.807, 2.05) is 6.33 Å². The highest BCUT2D eigenvalue weighted by Crippen LogP contribution is 2.26. The van der Waals surface area contributed by atoms with E-state index in [1.54, 1.807) is 0 Å². The van der Waals surface area contributed by atoms with Gasteiger partial charge in [-0.05, 0) is 19.4 Å². The monoisotopic (exact) mass is 235 g/mol. The van der Waals surface area contributed by atoms with Crippen molar-refractivity contribution in [3.63, 3.8) is 0 Å². The molecule has 2 heterocycles. The Bertz CT molecular complexity index is 375. The maximum absolute atomic E-state index is 4.20. The van der Waals surface area contributed by atoms with Gasteiger partial charge in [0, 0.05) is 25.2 Å². The number of aromatic nitrogens is 3. The molecule has 1 aromatic rings. The van der Waals surface area contributed by atoms with Crippen LogP contribution in [0.15, 0.2) is 6.33 Å². The number of nitrogens with zero attached hydrogens (tertiary/aromatic N) is 4. The zero-order valence-corrected chi connectivity index (χ0v) is 10.5. The van der Waals surface area contributed by atoms with Crippen LogP contribution in [0.25, 0.3) is 0 Å². The van der Waals surface area contributed by atoms with E-state index in [0.29, 0.717) is 12.1 Å². The highest BCUT2D eigenvalue weighted by Gasteiger charge is 2.33. The average molecular weight is 235 g/mol. The minimum atomic E-state index is 0.675. The van der Waals surface area contributed by atoms with E-state index in [9.17, 15) is 0 Å². The van der Waals surface area contributed by atoms with Crippen molar-refractivity contribution < 1.29 is 0 Å². The van der Waals surface area contributed by atoms with E-state index >= 15 is 0 Å². The van der Waals surface area contributed by atoms with Crippen LogP contribution in [0.2, 0.25) is 0 Å². The largest absolute Gasteiger partial charge is 0.315 e. The molecule has 1 aliphatic heterocycles. The fourth-order valence-electron chi connectivity index (χ4n) is 3.25. The summed E-state index contributed by atoms with van der Waals surface area (Å²) in [5, 5.41) is 11.8. The predicted octanol–water partition coefficient (Wildman–Crippen LogP) is 0.624. The minimum Gasteiger partial charge on any atom is -0.315 e. The molecule has 5 nitrogen and oxygen atoms in total. The van der Waals surface area contributed by atoms with Crippen LogP contribution in [0, 0.1) is 0 Å². The molecule has 2 unspecified atom stereocenters. The van der Waals surface area contributed by atoms with Gasteiger partial charge in [0.15, 0.2) is 0 Å². The summed E-state index contributed by atoms with van der Waals surface area (Å²) in [6.45, 7) is 6.41. The Morgan fingerprint density at radius 3 is 3.24 bits per heavy atom. The second-order valence-electron chi connectivity index (χ2n) is 5.07. The summed E-state index contributed by atoms with van der Waals surface area (Å²) in [5.41, 5.74) is 0. The molecule has 2 atom stereocenters. The van der Waals surface area contributed by atoms with Gasteiger partial charge in [0.05, 0.1) is 6.54 Å². The molecular formula is C12H21N5. The van der Waals surface area contributed by atoms with Crippen molar-refractivity contribution in [1.82, 2.24) is 25.0 Å². The lowest BCUT2D eigenvalue weighted by Crippen LogP contribution is -2.49. The minimum absolute atomic E-state index is 0.675. The highest BCUT2D eigenvalue weighted by molar-refractivity contribution is 4.96. The number of rotatable bonds is 3. The van der Waals surface area contributed by atoms with Gasteiger partial charge in [0.2, 0.25) is 0 Å². The van der Waals surface area contributed by atoms with Crippen molar-refractivity contribution in [3.05, 3.63) is 12.2 Å². The SMILES string of the molecule is CCNC1CCCC1N1CCn2cnnc2C1. The van der Waals surface area contributed by atoms with Crippen molar-refractivity contribution in [3.8, 4) is 0 Å². The van der Waals surface area contributed by atoms with Gasteiger partial charge < -0.3 is 9.88 Å². The molecule has 1 aliphatic carbocycles. The smallest absolute Gasteiger partial charge is 0.147 e. The van der Waals surface area contributed by atoms with E-state index in [0.717, 1.165) is 32.0 Å². The summed E-state index contributed by atoms with van der Waals surface area (Å²) in [4.78, 5) is 2.59. The molecule has 5 heteroatoms. The quantitative estimate of drug-likeness (QED) is 0.834. The van der Waals surface area contributed by atoms with Gasteiger partial charge in [-0.1, -0.05) is 13.3 Å². The zero-order chi connectivity index (χ0) is 11.7. The normalized spacial score (nSPS) is 29.5. The van der Waals surface area contributed by atoms with Crippen LogP contribution in [0.4, 0.5) is 0 Å². The molecule has 1 fully saturated rings. The van der Waals surface area contributed by atoms with Crippen LogP contribution in [0.1, 0.15) is 32.0 Å². The van der Waals surface area contributed by atoms with Gasteiger partial charge >= 0.3 is 0 Å². The number of likely N-dealkylation sites (N-methyl/N-ethyl adjacent to an activating group) is 1. The second-order valence-corrected chi connectivity index (χ2v) is 5.07. The molecule has 17 heavy (non-hydrogen) atoms. The summed E-state index contributed by atoms with van der Waals surface area (Å²) in [6.07, 6.45) is 5.85. The molecule has 0 bridgehead atoms. The molecule has 0 spiro atoms. The van der Waals surface area contributed by atoms with E-state index in [-0.39, 0.29) is 0 Å². The van der Waals surface area contributed by atoms with E-state index < -0.39 is 0 Å². The Kier molecular flexibility index (Phi) is 3.11. The van der Waals surface area contributed by atoms with Crippen LogP contribution in [0.5, 0.6) is 0 Å². The molecule has 0 amide bonds. The third-order valence-electron chi connectivity index (χ3n) is 4.08. The van der Waals surface area contributed by atoms with Crippen LogP contribution in [-0.4, -0.2) is 44.8 Å².